The summed E-state index contributed by atoms with van der Waals surface area (Å²) in [5.41, 5.74) is 2.25. The van der Waals surface area contributed by atoms with E-state index in [4.69, 9.17) is 5.26 Å². The van der Waals surface area contributed by atoms with Gasteiger partial charge in [0.2, 0.25) is 0 Å². The molecule has 0 aromatic heterocycles. The summed E-state index contributed by atoms with van der Waals surface area (Å²) in [6.07, 6.45) is 0.280. The number of aryl methyl sites for hydroxylation is 1. The Bertz CT molecular complexity index is 621. The van der Waals surface area contributed by atoms with Crippen molar-refractivity contribution < 1.29 is 0 Å². The van der Waals surface area contributed by atoms with Crippen molar-refractivity contribution in [2.45, 2.75) is 13.3 Å². The molecular weight excluding hydrogens is 194 g/mol. The molecule has 0 saturated carbocycles. The van der Waals surface area contributed by atoms with Crippen LogP contribution in [0.4, 0.5) is 0 Å². The molecule has 0 unspecified atom stereocenters. The first-order valence-electron chi connectivity index (χ1n) is 5.17. The molecule has 76 valence electrons. The van der Waals surface area contributed by atoms with Gasteiger partial charge < -0.3 is 0 Å². The smallest absolute Gasteiger partial charge is 0.0966 e. The van der Waals surface area contributed by atoms with E-state index < -0.39 is 0 Å². The monoisotopic (exact) mass is 205 g/mol. The maximum Gasteiger partial charge on any atom is 0.0966 e. The van der Waals surface area contributed by atoms with Crippen molar-refractivity contribution in [1.29, 1.82) is 5.26 Å². The first-order valence-corrected chi connectivity index (χ1v) is 5.17. The minimum Gasteiger partial charge on any atom is -0.197 e. The van der Waals surface area contributed by atoms with Gasteiger partial charge in [0.05, 0.1) is 12.5 Å². The van der Waals surface area contributed by atoms with E-state index in [1.54, 1.807) is 0 Å². The highest BCUT2D eigenvalue weighted by Gasteiger charge is 1.99. The SMILES string of the molecule is Cc1ccc(C#CCC#N)c2ccccc12. The number of nitriles is 1. The summed E-state index contributed by atoms with van der Waals surface area (Å²) >= 11 is 0. The third-order valence-corrected chi connectivity index (χ3v) is 2.53. The summed E-state index contributed by atoms with van der Waals surface area (Å²) in [5, 5.41) is 10.8. The molecule has 0 amide bonds. The van der Waals surface area contributed by atoms with Gasteiger partial charge in [-0.05, 0) is 29.3 Å². The number of hydrogen-bond acceptors (Lipinski definition) is 1. The van der Waals surface area contributed by atoms with Gasteiger partial charge in [0.15, 0.2) is 0 Å². The Morgan fingerprint density at radius 3 is 2.56 bits per heavy atom. The number of hydrogen-bond donors (Lipinski definition) is 0. The van der Waals surface area contributed by atoms with Gasteiger partial charge in [0.25, 0.3) is 0 Å². The van der Waals surface area contributed by atoms with Crippen LogP contribution in [-0.4, -0.2) is 0 Å². The molecule has 2 aromatic carbocycles. The second kappa shape index (κ2) is 4.51. The van der Waals surface area contributed by atoms with Crippen LogP contribution in [-0.2, 0) is 0 Å². The summed E-state index contributed by atoms with van der Waals surface area (Å²) in [4.78, 5) is 0. The summed E-state index contributed by atoms with van der Waals surface area (Å²) < 4.78 is 0. The van der Waals surface area contributed by atoms with Gasteiger partial charge in [-0.25, -0.2) is 0 Å². The Labute approximate surface area is 95.3 Å². The molecule has 1 heteroatoms. The van der Waals surface area contributed by atoms with Gasteiger partial charge in [-0.15, -0.1) is 0 Å². The normalized spacial score (nSPS) is 9.25. The highest BCUT2D eigenvalue weighted by Crippen LogP contribution is 2.21. The van der Waals surface area contributed by atoms with Crippen LogP contribution in [0.15, 0.2) is 36.4 Å². The zero-order chi connectivity index (χ0) is 11.4. The molecule has 0 fully saturated rings. The molecule has 0 atom stereocenters. The highest BCUT2D eigenvalue weighted by atomic mass is 14.2. The Hall–Kier alpha value is -2.25. The summed E-state index contributed by atoms with van der Waals surface area (Å²) in [6, 6.07) is 14.3. The van der Waals surface area contributed by atoms with Gasteiger partial charge in [-0.1, -0.05) is 42.2 Å². The topological polar surface area (TPSA) is 23.8 Å². The lowest BCUT2D eigenvalue weighted by molar-refractivity contribution is 1.40. The maximum absolute atomic E-state index is 8.45. The Kier molecular flexibility index (Phi) is 2.90. The predicted octanol–water partition coefficient (Wildman–Crippen LogP) is 3.41. The van der Waals surface area contributed by atoms with Crippen molar-refractivity contribution in [1.82, 2.24) is 0 Å². The third kappa shape index (κ3) is 1.90. The van der Waals surface area contributed by atoms with Crippen molar-refractivity contribution in [3.05, 3.63) is 47.5 Å². The van der Waals surface area contributed by atoms with E-state index in [1.165, 1.54) is 10.9 Å². The van der Waals surface area contributed by atoms with E-state index in [2.05, 4.69) is 37.0 Å². The van der Waals surface area contributed by atoms with E-state index in [0.29, 0.717) is 0 Å². The van der Waals surface area contributed by atoms with Crippen molar-refractivity contribution in [3.8, 4) is 17.9 Å². The maximum atomic E-state index is 8.45. The average molecular weight is 205 g/mol. The van der Waals surface area contributed by atoms with E-state index in [9.17, 15) is 0 Å². The van der Waals surface area contributed by atoms with E-state index in [1.807, 2.05) is 24.3 Å². The second-order valence-electron chi connectivity index (χ2n) is 3.61. The zero-order valence-electron chi connectivity index (χ0n) is 9.12. The van der Waals surface area contributed by atoms with Crippen LogP contribution >= 0.6 is 0 Å². The van der Waals surface area contributed by atoms with Crippen LogP contribution in [0.3, 0.4) is 0 Å². The predicted molar refractivity (Wildman–Crippen MR) is 65.8 cm³/mol. The van der Waals surface area contributed by atoms with Crippen molar-refractivity contribution in [3.63, 3.8) is 0 Å². The Morgan fingerprint density at radius 1 is 1.06 bits per heavy atom. The first kappa shape index (κ1) is 10.3. The molecule has 0 aliphatic rings. The Morgan fingerprint density at radius 2 is 1.81 bits per heavy atom. The van der Waals surface area contributed by atoms with Crippen molar-refractivity contribution in [2.24, 2.45) is 0 Å². The fourth-order valence-corrected chi connectivity index (χ4v) is 1.74. The van der Waals surface area contributed by atoms with Crippen LogP contribution in [0.1, 0.15) is 17.5 Å². The van der Waals surface area contributed by atoms with Gasteiger partial charge in [-0.2, -0.15) is 5.26 Å². The molecule has 1 nitrogen and oxygen atoms in total. The van der Waals surface area contributed by atoms with Gasteiger partial charge in [0.1, 0.15) is 0 Å². The molecule has 0 N–H and O–H groups in total. The van der Waals surface area contributed by atoms with Gasteiger partial charge in [-0.3, -0.25) is 0 Å². The fourth-order valence-electron chi connectivity index (χ4n) is 1.74. The molecule has 2 rings (SSSR count). The fraction of sp³-hybridized carbons (Fsp3) is 0.133. The number of benzene rings is 2. The van der Waals surface area contributed by atoms with Crippen LogP contribution in [0.2, 0.25) is 0 Å². The largest absolute Gasteiger partial charge is 0.197 e. The van der Waals surface area contributed by atoms with Crippen LogP contribution in [0, 0.1) is 30.1 Å². The van der Waals surface area contributed by atoms with E-state index >= 15 is 0 Å². The third-order valence-electron chi connectivity index (χ3n) is 2.53. The molecule has 0 radical (unpaired) electrons. The number of rotatable bonds is 0. The number of fused-ring (bicyclic) bond motifs is 1. The second-order valence-corrected chi connectivity index (χ2v) is 3.61. The Balaban J connectivity index is 2.61. The molecule has 0 heterocycles. The molecule has 0 spiro atoms. The minimum absolute atomic E-state index is 0.280. The average Bonchev–Trinajstić information content (AvgIpc) is 2.33. The van der Waals surface area contributed by atoms with Crippen molar-refractivity contribution >= 4 is 10.8 Å². The zero-order valence-corrected chi connectivity index (χ0v) is 9.12. The molecular formula is C15H11N. The standard InChI is InChI=1S/C15H11N/c1-12-9-10-13(6-4-5-11-16)15-8-3-2-7-14(12)15/h2-3,7-10H,5H2,1H3. The van der Waals surface area contributed by atoms with Crippen molar-refractivity contribution in [2.75, 3.05) is 0 Å². The van der Waals surface area contributed by atoms with Crippen LogP contribution < -0.4 is 0 Å². The quantitative estimate of drug-likeness (QED) is 0.604. The molecule has 0 aliphatic carbocycles. The van der Waals surface area contributed by atoms with Crippen LogP contribution in [0.25, 0.3) is 10.8 Å². The summed E-state index contributed by atoms with van der Waals surface area (Å²) in [5.74, 6) is 5.90. The molecule has 0 aliphatic heterocycles. The lowest BCUT2D eigenvalue weighted by Gasteiger charge is -2.03. The van der Waals surface area contributed by atoms with E-state index in [0.717, 1.165) is 10.9 Å². The lowest BCUT2D eigenvalue weighted by Crippen LogP contribution is -1.83. The van der Waals surface area contributed by atoms with Gasteiger partial charge >= 0.3 is 0 Å². The van der Waals surface area contributed by atoms with Gasteiger partial charge in [0, 0.05) is 5.56 Å². The number of nitrogens with zero attached hydrogens (tertiary/aromatic N) is 1. The molecule has 2 aromatic rings. The molecule has 0 saturated heterocycles. The molecule has 0 bridgehead atoms. The summed E-state index contributed by atoms with van der Waals surface area (Å²) in [6.45, 7) is 2.09. The highest BCUT2D eigenvalue weighted by molar-refractivity contribution is 5.90. The molecule has 16 heavy (non-hydrogen) atoms. The summed E-state index contributed by atoms with van der Waals surface area (Å²) in [7, 11) is 0. The lowest BCUT2D eigenvalue weighted by atomic mass is 10.0. The minimum atomic E-state index is 0.280. The van der Waals surface area contributed by atoms with E-state index in [-0.39, 0.29) is 6.42 Å². The van der Waals surface area contributed by atoms with Crippen LogP contribution in [0.5, 0.6) is 0 Å². The first-order chi connectivity index (χ1) is 7.83.